The molecule has 6 aromatic rings. The molecule has 9 heteroatoms. The van der Waals surface area contributed by atoms with Gasteiger partial charge in [-0.2, -0.15) is 0 Å². The normalized spacial score (nSPS) is 11.1. The van der Waals surface area contributed by atoms with Crippen LogP contribution in [0.1, 0.15) is 11.1 Å². The van der Waals surface area contributed by atoms with Crippen molar-refractivity contribution in [1.29, 1.82) is 0 Å². The third-order valence-corrected chi connectivity index (χ3v) is 7.53. The molecule has 0 saturated heterocycles. The van der Waals surface area contributed by atoms with Gasteiger partial charge >= 0.3 is 31.8 Å². The molecule has 6 rings (SSSR count). The van der Waals surface area contributed by atoms with Crippen LogP contribution in [-0.4, -0.2) is 41.7 Å². The Labute approximate surface area is 226 Å². The van der Waals surface area contributed by atoms with Crippen molar-refractivity contribution in [3.63, 3.8) is 0 Å². The molecule has 0 aliphatic carbocycles. The SMILES string of the molecule is Cc1cccc2oc(-c3ccccc3[O][Al][O][Al][O]c3ccccc3-c3nc4c(C)cccc4o3)nc12. The number of fused-ring (bicyclic) bond motifs is 2. The van der Waals surface area contributed by atoms with Crippen molar-refractivity contribution in [2.75, 3.05) is 0 Å². The number of aromatic nitrogens is 2. The lowest BCUT2D eigenvalue weighted by Gasteiger charge is -2.12. The van der Waals surface area contributed by atoms with Crippen LogP contribution in [0.25, 0.3) is 45.1 Å². The molecule has 0 bridgehead atoms. The summed E-state index contributed by atoms with van der Waals surface area (Å²) in [5.41, 5.74) is 6.88. The highest BCUT2D eigenvalue weighted by atomic mass is 27.3. The predicted molar refractivity (Wildman–Crippen MR) is 142 cm³/mol. The quantitative estimate of drug-likeness (QED) is 0.169. The zero-order valence-electron chi connectivity index (χ0n) is 20.2. The van der Waals surface area contributed by atoms with Gasteiger partial charge in [0.2, 0.25) is 11.8 Å². The van der Waals surface area contributed by atoms with Gasteiger partial charge in [-0.15, -0.1) is 0 Å². The fourth-order valence-electron chi connectivity index (χ4n) is 4.08. The Balaban J connectivity index is 1.12. The number of hydrogen-bond donors (Lipinski definition) is 0. The van der Waals surface area contributed by atoms with Crippen LogP contribution in [0.15, 0.2) is 93.8 Å². The number of para-hydroxylation sites is 4. The van der Waals surface area contributed by atoms with Crippen molar-refractivity contribution in [1.82, 2.24) is 9.97 Å². The molecule has 0 amide bonds. The fourth-order valence-corrected chi connectivity index (χ4v) is 5.32. The van der Waals surface area contributed by atoms with Crippen molar-refractivity contribution in [3.8, 4) is 34.4 Å². The first kappa shape index (κ1) is 23.8. The number of rotatable bonds is 8. The van der Waals surface area contributed by atoms with E-state index >= 15 is 0 Å². The Bertz CT molecular complexity index is 1590. The summed E-state index contributed by atoms with van der Waals surface area (Å²) >= 11 is -1.62. The molecule has 0 saturated carbocycles. The maximum Gasteiger partial charge on any atom is 0.743 e. The van der Waals surface area contributed by atoms with Crippen molar-refractivity contribution < 1.29 is 19.3 Å². The Morgan fingerprint density at radius 1 is 0.568 bits per heavy atom. The lowest BCUT2D eigenvalue weighted by molar-refractivity contribution is 0.417. The van der Waals surface area contributed by atoms with Crippen LogP contribution < -0.4 is 7.58 Å². The maximum atomic E-state index is 5.99. The molecule has 0 unspecified atom stereocenters. The van der Waals surface area contributed by atoms with Crippen LogP contribution in [0.4, 0.5) is 0 Å². The third kappa shape index (κ3) is 4.89. The van der Waals surface area contributed by atoms with Gasteiger partial charge in [0.15, 0.2) is 11.2 Å². The largest absolute Gasteiger partial charge is 0.743 e. The molecule has 0 aliphatic rings. The molecule has 2 heterocycles. The van der Waals surface area contributed by atoms with Gasteiger partial charge in [0.1, 0.15) is 11.0 Å². The summed E-state index contributed by atoms with van der Waals surface area (Å²) in [5.74, 6) is 2.35. The lowest BCUT2D eigenvalue weighted by Crippen LogP contribution is -2.16. The summed E-state index contributed by atoms with van der Waals surface area (Å²) in [6.07, 6.45) is 0. The topological polar surface area (TPSA) is 79.8 Å². The van der Waals surface area contributed by atoms with Gasteiger partial charge in [-0.3, -0.25) is 0 Å². The predicted octanol–water partition coefficient (Wildman–Crippen LogP) is 6.46. The summed E-state index contributed by atoms with van der Waals surface area (Å²) in [5, 5.41) is 0. The van der Waals surface area contributed by atoms with Crippen LogP contribution in [0, 0.1) is 13.8 Å². The summed E-state index contributed by atoms with van der Waals surface area (Å²) in [6.45, 7) is 4.03. The van der Waals surface area contributed by atoms with Gasteiger partial charge in [0.05, 0.1) is 22.6 Å². The number of aryl methyl sites for hydroxylation is 2. The smallest absolute Gasteiger partial charge is 0.627 e. The summed E-state index contributed by atoms with van der Waals surface area (Å²) in [6, 6.07) is 27.1. The van der Waals surface area contributed by atoms with Gasteiger partial charge in [-0.25, -0.2) is 9.97 Å². The molecule has 0 spiro atoms. The number of oxazole rings is 2. The van der Waals surface area contributed by atoms with Gasteiger partial charge < -0.3 is 19.3 Å². The zero-order chi connectivity index (χ0) is 25.2. The molecule has 0 fully saturated rings. The second-order valence-electron chi connectivity index (χ2n) is 8.44. The van der Waals surface area contributed by atoms with Crippen molar-refractivity contribution in [3.05, 3.63) is 96.1 Å². The lowest BCUT2D eigenvalue weighted by atomic mass is 10.2. The van der Waals surface area contributed by atoms with Gasteiger partial charge in [0.25, 0.3) is 0 Å². The molecule has 4 aromatic carbocycles. The van der Waals surface area contributed by atoms with E-state index in [0.29, 0.717) is 23.3 Å². The van der Waals surface area contributed by atoms with E-state index in [1.807, 2.05) is 98.8 Å². The Morgan fingerprint density at radius 2 is 1.03 bits per heavy atom. The monoisotopic (exact) mass is 518 g/mol. The second kappa shape index (κ2) is 10.4. The van der Waals surface area contributed by atoms with E-state index in [4.69, 9.17) is 19.3 Å². The molecular weight excluding hydrogens is 498 g/mol. The van der Waals surface area contributed by atoms with Gasteiger partial charge in [-0.05, 0) is 61.4 Å². The molecule has 7 nitrogen and oxygen atoms in total. The van der Waals surface area contributed by atoms with Crippen molar-refractivity contribution in [2.24, 2.45) is 0 Å². The molecule has 37 heavy (non-hydrogen) atoms. The van der Waals surface area contributed by atoms with Gasteiger partial charge in [0, 0.05) is 0 Å². The van der Waals surface area contributed by atoms with E-state index in [2.05, 4.69) is 9.97 Å². The van der Waals surface area contributed by atoms with Crippen LogP contribution in [0.3, 0.4) is 0 Å². The first-order chi connectivity index (χ1) is 18.2. The standard InChI is InChI=1S/2C14H11NO2.2Al.O/c2*1-9-5-4-8-12-13(9)15-14(17-12)10-6-2-3-7-11(10)16;;;/h2*2-8,16H,1H3;;;/q;;2*+1;/p-2. The van der Waals surface area contributed by atoms with E-state index in [1.54, 1.807) is 0 Å². The summed E-state index contributed by atoms with van der Waals surface area (Å²) in [7, 11) is 0. The highest BCUT2D eigenvalue weighted by Gasteiger charge is 2.18. The first-order valence-electron chi connectivity index (χ1n) is 11.7. The minimum absolute atomic E-state index is 0.519. The van der Waals surface area contributed by atoms with Gasteiger partial charge in [-0.1, -0.05) is 48.5 Å². The van der Waals surface area contributed by atoms with Crippen molar-refractivity contribution in [2.45, 2.75) is 13.8 Å². The minimum Gasteiger partial charge on any atom is -0.627 e. The highest BCUT2D eigenvalue weighted by Crippen LogP contribution is 2.33. The van der Waals surface area contributed by atoms with Crippen LogP contribution in [-0.2, 0) is 2.84 Å². The minimum atomic E-state index is -0.808. The maximum absolute atomic E-state index is 5.99. The molecule has 0 atom stereocenters. The van der Waals surface area contributed by atoms with E-state index < -0.39 is 31.8 Å². The summed E-state index contributed by atoms with van der Waals surface area (Å²) in [4.78, 5) is 9.35. The van der Waals surface area contributed by atoms with Crippen LogP contribution >= 0.6 is 0 Å². The van der Waals surface area contributed by atoms with E-state index in [-0.39, 0.29) is 0 Å². The molecule has 2 aromatic heterocycles. The molecule has 2 radical (unpaired) electrons. The molecule has 0 N–H and O–H groups in total. The first-order valence-corrected chi connectivity index (χ1v) is 13.6. The molecule has 178 valence electrons. The second-order valence-corrected chi connectivity index (χ2v) is 10.4. The van der Waals surface area contributed by atoms with Crippen molar-refractivity contribution >= 4 is 54.0 Å². The molecular formula is C28H20Al2N2O5. The van der Waals surface area contributed by atoms with E-state index in [1.165, 1.54) is 0 Å². The van der Waals surface area contributed by atoms with Crippen LogP contribution in [0.2, 0.25) is 0 Å². The Kier molecular flexibility index (Phi) is 6.72. The average molecular weight is 518 g/mol. The Hall–Kier alpha value is -3.56. The zero-order valence-corrected chi connectivity index (χ0v) is 22.5. The summed E-state index contributed by atoms with van der Waals surface area (Å²) < 4.78 is 29.8. The fraction of sp³-hybridized carbons (Fsp3) is 0.0714. The average Bonchev–Trinajstić information content (AvgIpc) is 3.55. The third-order valence-electron chi connectivity index (χ3n) is 5.94. The number of nitrogens with zero attached hydrogens (tertiary/aromatic N) is 2. The van der Waals surface area contributed by atoms with E-state index in [9.17, 15) is 0 Å². The number of benzene rings is 4. The Morgan fingerprint density at radius 3 is 1.49 bits per heavy atom. The number of hydrogen-bond acceptors (Lipinski definition) is 7. The van der Waals surface area contributed by atoms with E-state index in [0.717, 1.165) is 44.5 Å². The highest BCUT2D eigenvalue weighted by molar-refractivity contribution is 6.35. The molecule has 0 aliphatic heterocycles. The van der Waals surface area contributed by atoms with Crippen LogP contribution in [0.5, 0.6) is 11.5 Å².